The maximum Gasteiger partial charge on any atom is 0.453 e. The largest absolute Gasteiger partial charge is 0.453 e. The summed E-state index contributed by atoms with van der Waals surface area (Å²) in [6.45, 7) is 0.904. The smallest absolute Gasteiger partial charge is 0.385 e. The summed E-state index contributed by atoms with van der Waals surface area (Å²) in [6.07, 6.45) is -0.516. The molecule has 1 fully saturated rings. The fourth-order valence-electron chi connectivity index (χ4n) is 3.16. The molecule has 26 heavy (non-hydrogen) atoms. The lowest BCUT2D eigenvalue weighted by molar-refractivity contribution is -0.146. The zero-order chi connectivity index (χ0) is 18.4. The highest BCUT2D eigenvalue weighted by molar-refractivity contribution is 5.46. The SMILES string of the molecule is OC1(c2cccnc2)CCN(c2ccc3nnc(C(F)(F)F)n3n2)CC1. The number of anilines is 1. The summed E-state index contributed by atoms with van der Waals surface area (Å²) < 4.78 is 39.7. The van der Waals surface area contributed by atoms with E-state index in [9.17, 15) is 18.3 Å². The van der Waals surface area contributed by atoms with Gasteiger partial charge >= 0.3 is 6.18 Å². The Balaban J connectivity index is 1.58. The molecule has 0 saturated carbocycles. The Morgan fingerprint density at radius 1 is 1.08 bits per heavy atom. The molecule has 0 atom stereocenters. The molecule has 10 heteroatoms. The van der Waals surface area contributed by atoms with E-state index in [1.807, 2.05) is 11.0 Å². The van der Waals surface area contributed by atoms with Gasteiger partial charge in [0.1, 0.15) is 5.82 Å². The number of halogens is 3. The molecule has 0 aliphatic carbocycles. The second kappa shape index (κ2) is 5.90. The number of rotatable bonds is 2. The lowest BCUT2D eigenvalue weighted by Gasteiger charge is -2.38. The van der Waals surface area contributed by atoms with Gasteiger partial charge in [-0.15, -0.1) is 15.3 Å². The highest BCUT2D eigenvalue weighted by Crippen LogP contribution is 2.34. The monoisotopic (exact) mass is 364 g/mol. The Labute approximate surface area is 146 Å². The van der Waals surface area contributed by atoms with E-state index in [1.165, 1.54) is 6.07 Å². The number of fused-ring (bicyclic) bond motifs is 1. The number of pyridine rings is 1. The van der Waals surface area contributed by atoms with Crippen LogP contribution in [-0.4, -0.2) is 43.0 Å². The topological polar surface area (TPSA) is 79.4 Å². The van der Waals surface area contributed by atoms with Crippen molar-refractivity contribution in [3.05, 3.63) is 48.0 Å². The van der Waals surface area contributed by atoms with Crippen molar-refractivity contribution in [3.63, 3.8) is 0 Å². The molecule has 1 aliphatic rings. The van der Waals surface area contributed by atoms with E-state index in [4.69, 9.17) is 0 Å². The van der Waals surface area contributed by atoms with E-state index in [2.05, 4.69) is 20.3 Å². The van der Waals surface area contributed by atoms with Gasteiger partial charge in [0.2, 0.25) is 0 Å². The van der Waals surface area contributed by atoms with E-state index in [-0.39, 0.29) is 5.65 Å². The maximum atomic E-state index is 13.0. The fraction of sp³-hybridized carbons (Fsp3) is 0.375. The van der Waals surface area contributed by atoms with Crippen molar-refractivity contribution in [3.8, 4) is 0 Å². The van der Waals surface area contributed by atoms with Gasteiger partial charge in [-0.3, -0.25) is 4.98 Å². The summed E-state index contributed by atoms with van der Waals surface area (Å²) in [5.74, 6) is -0.769. The van der Waals surface area contributed by atoms with Gasteiger partial charge in [0.15, 0.2) is 5.65 Å². The molecule has 1 N–H and O–H groups in total. The van der Waals surface area contributed by atoms with Crippen LogP contribution < -0.4 is 4.90 Å². The number of alkyl halides is 3. The summed E-state index contributed by atoms with van der Waals surface area (Å²) in [4.78, 5) is 5.87. The number of hydrogen-bond donors (Lipinski definition) is 1. The lowest BCUT2D eigenvalue weighted by Crippen LogP contribution is -2.43. The van der Waals surface area contributed by atoms with Gasteiger partial charge in [0, 0.05) is 31.0 Å². The standard InChI is InChI=1S/C16H15F3N6O/c17-16(18,19)14-22-21-12-3-4-13(23-25(12)14)24-8-5-15(26,6-9-24)11-2-1-7-20-10-11/h1-4,7,10,26H,5-6,8-9H2. The zero-order valence-electron chi connectivity index (χ0n) is 13.6. The molecular formula is C16H15F3N6O. The molecule has 3 aromatic rings. The number of nitrogens with zero attached hydrogens (tertiary/aromatic N) is 6. The minimum Gasteiger partial charge on any atom is -0.385 e. The van der Waals surface area contributed by atoms with E-state index < -0.39 is 17.6 Å². The summed E-state index contributed by atoms with van der Waals surface area (Å²) >= 11 is 0. The predicted octanol–water partition coefficient (Wildman–Crippen LogP) is 2.03. The first-order valence-electron chi connectivity index (χ1n) is 8.04. The third-order valence-corrected chi connectivity index (χ3v) is 4.62. The van der Waals surface area contributed by atoms with Crippen LogP contribution in [-0.2, 0) is 11.8 Å². The number of piperidine rings is 1. The number of aromatic nitrogens is 5. The second-order valence-corrected chi connectivity index (χ2v) is 6.24. The minimum atomic E-state index is -4.63. The predicted molar refractivity (Wildman–Crippen MR) is 85.4 cm³/mol. The first-order valence-corrected chi connectivity index (χ1v) is 8.04. The van der Waals surface area contributed by atoms with E-state index in [0.29, 0.717) is 36.3 Å². The van der Waals surface area contributed by atoms with E-state index >= 15 is 0 Å². The van der Waals surface area contributed by atoms with Crippen molar-refractivity contribution in [2.75, 3.05) is 18.0 Å². The molecule has 0 bridgehead atoms. The molecule has 4 rings (SSSR count). The molecule has 7 nitrogen and oxygen atoms in total. The molecule has 0 spiro atoms. The molecule has 0 amide bonds. The first kappa shape index (κ1) is 16.7. The summed E-state index contributed by atoms with van der Waals surface area (Å²) in [5.41, 5.74) is -0.228. The normalized spacial score (nSPS) is 17.6. The van der Waals surface area contributed by atoms with Crippen LogP contribution in [0.4, 0.5) is 19.0 Å². The van der Waals surface area contributed by atoms with Crippen molar-refractivity contribution in [2.24, 2.45) is 0 Å². The summed E-state index contributed by atoms with van der Waals surface area (Å²) in [6, 6.07) is 6.64. The van der Waals surface area contributed by atoms with Crippen molar-refractivity contribution < 1.29 is 18.3 Å². The van der Waals surface area contributed by atoms with Crippen LogP contribution in [0, 0.1) is 0 Å². The molecule has 0 radical (unpaired) electrons. The highest BCUT2D eigenvalue weighted by Gasteiger charge is 2.38. The summed E-state index contributed by atoms with van der Waals surface area (Å²) in [7, 11) is 0. The Kier molecular flexibility index (Phi) is 3.79. The molecule has 4 heterocycles. The quantitative estimate of drug-likeness (QED) is 0.750. The number of hydrogen-bond acceptors (Lipinski definition) is 6. The molecule has 0 aromatic carbocycles. The van der Waals surface area contributed by atoms with Crippen LogP contribution in [0.1, 0.15) is 24.2 Å². The molecule has 0 unspecified atom stereocenters. The average Bonchev–Trinajstić information content (AvgIpc) is 3.07. The van der Waals surface area contributed by atoms with E-state index in [1.54, 1.807) is 24.5 Å². The van der Waals surface area contributed by atoms with Gasteiger partial charge in [0.05, 0.1) is 5.60 Å². The summed E-state index contributed by atoms with van der Waals surface area (Å²) in [5, 5.41) is 21.6. The van der Waals surface area contributed by atoms with Gasteiger partial charge < -0.3 is 10.0 Å². The van der Waals surface area contributed by atoms with Crippen molar-refractivity contribution in [1.29, 1.82) is 0 Å². The molecule has 136 valence electrons. The van der Waals surface area contributed by atoms with Crippen LogP contribution in [0.5, 0.6) is 0 Å². The molecule has 3 aromatic heterocycles. The van der Waals surface area contributed by atoms with Crippen molar-refractivity contribution in [2.45, 2.75) is 24.6 Å². The maximum absolute atomic E-state index is 13.0. The van der Waals surface area contributed by atoms with Crippen molar-refractivity contribution in [1.82, 2.24) is 24.8 Å². The third kappa shape index (κ3) is 2.85. The molecule has 1 saturated heterocycles. The van der Waals surface area contributed by atoms with Crippen LogP contribution >= 0.6 is 0 Å². The van der Waals surface area contributed by atoms with Crippen LogP contribution in [0.25, 0.3) is 5.65 Å². The van der Waals surface area contributed by atoms with Gasteiger partial charge in [0.25, 0.3) is 5.82 Å². The Hall–Kier alpha value is -2.75. The second-order valence-electron chi connectivity index (χ2n) is 6.24. The molecule has 1 aliphatic heterocycles. The Bertz CT molecular complexity index is 919. The Morgan fingerprint density at radius 2 is 1.85 bits per heavy atom. The minimum absolute atomic E-state index is 0.0324. The first-order chi connectivity index (χ1) is 12.4. The lowest BCUT2D eigenvalue weighted by atomic mass is 9.85. The van der Waals surface area contributed by atoms with Crippen LogP contribution in [0.2, 0.25) is 0 Å². The highest BCUT2D eigenvalue weighted by atomic mass is 19.4. The van der Waals surface area contributed by atoms with Crippen LogP contribution in [0.15, 0.2) is 36.7 Å². The fourth-order valence-corrected chi connectivity index (χ4v) is 3.16. The third-order valence-electron chi connectivity index (χ3n) is 4.62. The number of aliphatic hydroxyl groups is 1. The average molecular weight is 364 g/mol. The van der Waals surface area contributed by atoms with Gasteiger partial charge in [-0.2, -0.15) is 17.7 Å². The van der Waals surface area contributed by atoms with E-state index in [0.717, 1.165) is 5.56 Å². The zero-order valence-corrected chi connectivity index (χ0v) is 13.6. The Morgan fingerprint density at radius 3 is 2.50 bits per heavy atom. The van der Waals surface area contributed by atoms with Gasteiger partial charge in [-0.25, -0.2) is 0 Å². The van der Waals surface area contributed by atoms with Gasteiger partial charge in [-0.1, -0.05) is 6.07 Å². The van der Waals surface area contributed by atoms with Crippen molar-refractivity contribution >= 4 is 11.5 Å². The van der Waals surface area contributed by atoms with Crippen LogP contribution in [0.3, 0.4) is 0 Å². The molecular weight excluding hydrogens is 349 g/mol. The van der Waals surface area contributed by atoms with Gasteiger partial charge in [-0.05, 0) is 31.0 Å².